The maximum Gasteiger partial charge on any atom is 0.141 e. The van der Waals surface area contributed by atoms with E-state index in [9.17, 15) is 0 Å². The Morgan fingerprint density at radius 1 is 1.24 bits per heavy atom. The molecule has 5 heteroatoms. The molecule has 0 radical (unpaired) electrons. The Labute approximate surface area is 127 Å². The summed E-state index contributed by atoms with van der Waals surface area (Å²) in [6.45, 7) is 0.845. The lowest BCUT2D eigenvalue weighted by atomic mass is 10.2. The normalized spacial score (nSPS) is 14.5. The minimum absolute atomic E-state index is 0.587. The van der Waals surface area contributed by atoms with Crippen LogP contribution in [0, 0.1) is 0 Å². The summed E-state index contributed by atoms with van der Waals surface area (Å²) in [5.74, 6) is 1.05. The highest BCUT2D eigenvalue weighted by molar-refractivity contribution is 7.16. The number of nitrogen functional groups attached to an aromatic ring is 1. The number of benzene rings is 1. The van der Waals surface area contributed by atoms with E-state index in [0.29, 0.717) is 6.04 Å². The lowest BCUT2D eigenvalue weighted by Crippen LogP contribution is -2.26. The standard InChI is InChI=1S/C16H16N4S/c17-12-3-1-2-11(8-12)9-20(13-4-5-13)15-14-6-7-21-16(14)19-10-18-15/h1-3,6-8,10,13H,4-5,9,17H2. The van der Waals surface area contributed by atoms with Crippen LogP contribution in [-0.4, -0.2) is 16.0 Å². The molecule has 3 aromatic rings. The summed E-state index contributed by atoms with van der Waals surface area (Å²) in [5.41, 5.74) is 7.93. The fourth-order valence-electron chi connectivity index (χ4n) is 2.66. The maximum atomic E-state index is 5.90. The molecule has 1 aromatic carbocycles. The average Bonchev–Trinajstić information content (AvgIpc) is 3.21. The summed E-state index contributed by atoms with van der Waals surface area (Å²) in [6.07, 6.45) is 4.14. The van der Waals surface area contributed by atoms with Gasteiger partial charge in [0.15, 0.2) is 0 Å². The van der Waals surface area contributed by atoms with Crippen molar-refractivity contribution in [2.24, 2.45) is 0 Å². The van der Waals surface area contributed by atoms with Crippen molar-refractivity contribution in [1.82, 2.24) is 9.97 Å². The minimum Gasteiger partial charge on any atom is -0.399 e. The monoisotopic (exact) mass is 296 g/mol. The molecule has 0 bridgehead atoms. The Bertz CT molecular complexity index is 779. The first kappa shape index (κ1) is 12.6. The fraction of sp³-hybridized carbons (Fsp3) is 0.250. The van der Waals surface area contributed by atoms with E-state index in [1.54, 1.807) is 17.7 Å². The molecule has 0 spiro atoms. The lowest BCUT2D eigenvalue weighted by molar-refractivity contribution is 0.781. The van der Waals surface area contributed by atoms with Crippen LogP contribution in [0.25, 0.3) is 10.2 Å². The highest BCUT2D eigenvalue weighted by atomic mass is 32.1. The third kappa shape index (κ3) is 2.45. The van der Waals surface area contributed by atoms with Gasteiger partial charge in [-0.05, 0) is 42.0 Å². The van der Waals surface area contributed by atoms with E-state index in [2.05, 4.69) is 32.4 Å². The Morgan fingerprint density at radius 2 is 2.14 bits per heavy atom. The first-order chi connectivity index (χ1) is 10.3. The van der Waals surface area contributed by atoms with Crippen LogP contribution in [0.2, 0.25) is 0 Å². The third-order valence-electron chi connectivity index (χ3n) is 3.80. The number of hydrogen-bond donors (Lipinski definition) is 1. The molecule has 1 saturated carbocycles. The van der Waals surface area contributed by atoms with Gasteiger partial charge in [-0.3, -0.25) is 0 Å². The number of rotatable bonds is 4. The second kappa shape index (κ2) is 5.00. The number of nitrogens with zero attached hydrogens (tertiary/aromatic N) is 3. The van der Waals surface area contributed by atoms with Crippen molar-refractivity contribution in [2.75, 3.05) is 10.6 Å². The van der Waals surface area contributed by atoms with Gasteiger partial charge in [0.05, 0.1) is 5.39 Å². The van der Waals surface area contributed by atoms with Gasteiger partial charge in [0.25, 0.3) is 0 Å². The summed E-state index contributed by atoms with van der Waals surface area (Å²) >= 11 is 1.66. The van der Waals surface area contributed by atoms with E-state index >= 15 is 0 Å². The molecule has 0 unspecified atom stereocenters. The Morgan fingerprint density at radius 3 is 2.95 bits per heavy atom. The Kier molecular flexibility index (Phi) is 3.00. The van der Waals surface area contributed by atoms with Crippen LogP contribution in [0.4, 0.5) is 11.5 Å². The molecule has 21 heavy (non-hydrogen) atoms. The molecule has 0 aliphatic heterocycles. The third-order valence-corrected chi connectivity index (χ3v) is 4.63. The van der Waals surface area contributed by atoms with Crippen LogP contribution in [0.5, 0.6) is 0 Å². The van der Waals surface area contributed by atoms with E-state index in [1.807, 2.05) is 18.2 Å². The van der Waals surface area contributed by atoms with Crippen LogP contribution in [0.15, 0.2) is 42.0 Å². The van der Waals surface area contributed by atoms with Gasteiger partial charge >= 0.3 is 0 Å². The first-order valence-corrected chi connectivity index (χ1v) is 7.98. The number of anilines is 2. The molecule has 1 fully saturated rings. The van der Waals surface area contributed by atoms with Gasteiger partial charge in [0.2, 0.25) is 0 Å². The molecule has 4 rings (SSSR count). The minimum atomic E-state index is 0.587. The predicted octanol–water partition coefficient (Wildman–Crippen LogP) is 3.44. The topological polar surface area (TPSA) is 55.0 Å². The summed E-state index contributed by atoms with van der Waals surface area (Å²) < 4.78 is 0. The van der Waals surface area contributed by atoms with Crippen molar-refractivity contribution >= 4 is 33.1 Å². The van der Waals surface area contributed by atoms with Crippen molar-refractivity contribution in [3.05, 3.63) is 47.6 Å². The molecule has 106 valence electrons. The summed E-state index contributed by atoms with van der Waals surface area (Å²) in [6, 6.07) is 10.8. The molecule has 0 amide bonds. The Balaban J connectivity index is 1.73. The van der Waals surface area contributed by atoms with E-state index in [0.717, 1.165) is 28.3 Å². The smallest absolute Gasteiger partial charge is 0.141 e. The van der Waals surface area contributed by atoms with Gasteiger partial charge in [-0.15, -0.1) is 11.3 Å². The van der Waals surface area contributed by atoms with E-state index < -0.39 is 0 Å². The SMILES string of the molecule is Nc1cccc(CN(c2ncnc3sccc23)C2CC2)c1. The van der Waals surface area contributed by atoms with Gasteiger partial charge < -0.3 is 10.6 Å². The van der Waals surface area contributed by atoms with Gasteiger partial charge in [-0.2, -0.15) is 0 Å². The second-order valence-corrected chi connectivity index (χ2v) is 6.34. The van der Waals surface area contributed by atoms with Gasteiger partial charge in [-0.25, -0.2) is 9.97 Å². The molecule has 4 nitrogen and oxygen atoms in total. The van der Waals surface area contributed by atoms with Crippen LogP contribution >= 0.6 is 11.3 Å². The maximum absolute atomic E-state index is 5.90. The predicted molar refractivity (Wildman–Crippen MR) is 87.5 cm³/mol. The van der Waals surface area contributed by atoms with Crippen LogP contribution in [0.3, 0.4) is 0 Å². The largest absolute Gasteiger partial charge is 0.399 e. The number of nitrogens with two attached hydrogens (primary N) is 1. The fourth-order valence-corrected chi connectivity index (χ4v) is 3.38. The molecule has 1 aliphatic rings. The summed E-state index contributed by atoms with van der Waals surface area (Å²) in [7, 11) is 0. The molecule has 0 saturated heterocycles. The van der Waals surface area contributed by atoms with E-state index in [-0.39, 0.29) is 0 Å². The van der Waals surface area contributed by atoms with Crippen LogP contribution in [-0.2, 0) is 6.54 Å². The van der Waals surface area contributed by atoms with Crippen molar-refractivity contribution in [2.45, 2.75) is 25.4 Å². The first-order valence-electron chi connectivity index (χ1n) is 7.10. The second-order valence-electron chi connectivity index (χ2n) is 5.44. The number of thiophene rings is 1. The van der Waals surface area contributed by atoms with Crippen LogP contribution in [0.1, 0.15) is 18.4 Å². The highest BCUT2D eigenvalue weighted by Crippen LogP contribution is 2.36. The zero-order valence-corrected chi connectivity index (χ0v) is 12.4. The van der Waals surface area contributed by atoms with Crippen molar-refractivity contribution < 1.29 is 0 Å². The van der Waals surface area contributed by atoms with Crippen LogP contribution < -0.4 is 10.6 Å². The lowest BCUT2D eigenvalue weighted by Gasteiger charge is -2.24. The highest BCUT2D eigenvalue weighted by Gasteiger charge is 2.31. The quantitative estimate of drug-likeness (QED) is 0.749. The molecular formula is C16H16N4S. The van der Waals surface area contributed by atoms with Gasteiger partial charge in [-0.1, -0.05) is 12.1 Å². The number of aromatic nitrogens is 2. The molecule has 2 heterocycles. The molecular weight excluding hydrogens is 280 g/mol. The average molecular weight is 296 g/mol. The number of hydrogen-bond acceptors (Lipinski definition) is 5. The number of fused-ring (bicyclic) bond motifs is 1. The van der Waals surface area contributed by atoms with E-state index in [4.69, 9.17) is 5.73 Å². The molecule has 2 aromatic heterocycles. The zero-order chi connectivity index (χ0) is 14.2. The van der Waals surface area contributed by atoms with Crippen molar-refractivity contribution in [3.63, 3.8) is 0 Å². The summed E-state index contributed by atoms with van der Waals surface area (Å²) in [4.78, 5) is 12.3. The van der Waals surface area contributed by atoms with Gasteiger partial charge in [0, 0.05) is 18.3 Å². The molecule has 2 N–H and O–H groups in total. The summed E-state index contributed by atoms with van der Waals surface area (Å²) in [5, 5.41) is 3.23. The zero-order valence-electron chi connectivity index (χ0n) is 11.6. The molecule has 0 atom stereocenters. The van der Waals surface area contributed by atoms with Gasteiger partial charge in [0.1, 0.15) is 17.0 Å². The Hall–Kier alpha value is -2.14. The van der Waals surface area contributed by atoms with E-state index in [1.165, 1.54) is 18.4 Å². The molecule has 1 aliphatic carbocycles. The van der Waals surface area contributed by atoms with Crippen molar-refractivity contribution in [1.29, 1.82) is 0 Å². The van der Waals surface area contributed by atoms with Crippen molar-refractivity contribution in [3.8, 4) is 0 Å².